The van der Waals surface area contributed by atoms with Crippen LogP contribution in [0.1, 0.15) is 202 Å². The zero-order valence-electron chi connectivity index (χ0n) is 65.1. The molecule has 5 saturated heterocycles. The van der Waals surface area contributed by atoms with Gasteiger partial charge in [0, 0.05) is 31.5 Å². The number of hydrogen-bond donors (Lipinski definition) is 4. The van der Waals surface area contributed by atoms with Gasteiger partial charge < -0.3 is 71.8 Å². The molecule has 2 unspecified atom stereocenters. The first kappa shape index (κ1) is 98.2. The van der Waals surface area contributed by atoms with Gasteiger partial charge in [0.25, 0.3) is 5.78 Å². The average molecular weight is 1620 g/mol. The summed E-state index contributed by atoms with van der Waals surface area (Å²) in [6, 6.07) is 41.9. The Hall–Kier alpha value is -6.82. The molecule has 107 heavy (non-hydrogen) atoms. The Morgan fingerprint density at radius 2 is 0.692 bits per heavy atom. The first-order chi connectivity index (χ1) is 50.0. The number of benzene rings is 5. The molecule has 25 heteroatoms. The Kier molecular flexibility index (Phi) is 50.2. The van der Waals surface area contributed by atoms with Crippen LogP contribution in [0.15, 0.2) is 133 Å². The fourth-order valence-electron chi connectivity index (χ4n) is 13.0. The van der Waals surface area contributed by atoms with E-state index in [-0.39, 0.29) is 83.6 Å². The molecule has 0 aliphatic carbocycles. The van der Waals surface area contributed by atoms with E-state index in [1.165, 1.54) is 92.5 Å². The number of Topliss-reactive ketones (excluding diaryl/α,β-unsaturated/α-hetero) is 1. The van der Waals surface area contributed by atoms with Gasteiger partial charge in [0.15, 0.2) is 5.71 Å². The predicted molar refractivity (Wildman–Crippen MR) is 421 cm³/mol. The number of rotatable bonds is 19. The molecule has 0 radical (unpaired) electrons. The number of nitrogens with zero attached hydrogens (tertiary/aromatic N) is 6. The molecule has 0 bridgehead atoms. The van der Waals surface area contributed by atoms with E-state index < -0.39 is 35.0 Å². The maximum atomic E-state index is 11.8. The molecule has 0 saturated carbocycles. The molecule has 5 aliphatic rings. The van der Waals surface area contributed by atoms with E-state index in [9.17, 15) is 33.6 Å². The summed E-state index contributed by atoms with van der Waals surface area (Å²) < 4.78 is 23.8. The summed E-state index contributed by atoms with van der Waals surface area (Å²) in [5, 5.41) is 17.5. The first-order valence-corrected chi connectivity index (χ1v) is 37.1. The van der Waals surface area contributed by atoms with Crippen molar-refractivity contribution in [2.75, 3.05) is 134 Å². The van der Waals surface area contributed by atoms with Crippen LogP contribution in [0, 0.1) is 7.43 Å². The van der Waals surface area contributed by atoms with Crippen molar-refractivity contribution in [2.45, 2.75) is 147 Å². The number of carbonyl (C=O) groups is 7. The number of likely N-dealkylation sites (tertiary alicyclic amines) is 5. The standard InChI is InChI=1S/C17H25NO2.C16H22N2O3.C16H24N2O2.C16H21NO3.C12H17N.C4H5ClO3.CH3.ClH.H3NO.Pd/c1-4-20-17(19)13(2)14-5-7-15(8-6-14)16-9-11-18(3)12-10-16;1-3-21-16(19)15(17-20)14-6-4-12(5-7-14)13-8-10-18(2)11-9-13;1-3-20-16(19)15(17)14-6-4-12(5-7-14)13-8-10-18(2)11-9-13;1-3-20-16(19)15(18)14-6-4-12(5-7-14)13-8-10-17(2)11-9-13;1-13-9-7-12(8-10-13)11-5-3-2-4-6-11;1-2-8-4(7)3(5)6;;;1-2;/h5-8,13,16H,4,9-12H2,1-3H3;4-7,13,20H,3,8-11H2,1-2H3;4-7,13,15H,3,8-11,17H2,1-2H3;4-7,13H,3,8-11H2,1-2H3;2-6,12H,7-10H2,1H3;2H2,1H3;1H3;1H;2H,1H2;/q;;;;;;-1;;;/b;17-15+;;;;;;;;. The summed E-state index contributed by atoms with van der Waals surface area (Å²) in [6.45, 7) is 23.6. The molecule has 5 heterocycles. The second-order valence-corrected chi connectivity index (χ2v) is 27.1. The van der Waals surface area contributed by atoms with Gasteiger partial charge in [-0.3, -0.25) is 14.4 Å². The maximum absolute atomic E-state index is 11.8. The van der Waals surface area contributed by atoms with Crippen molar-refractivity contribution in [2.24, 2.45) is 16.8 Å². The van der Waals surface area contributed by atoms with Gasteiger partial charge in [-0.2, -0.15) is 0 Å². The van der Waals surface area contributed by atoms with Crippen molar-refractivity contribution in [3.05, 3.63) is 185 Å². The van der Waals surface area contributed by atoms with Gasteiger partial charge in [0.1, 0.15) is 6.04 Å². The van der Waals surface area contributed by atoms with Gasteiger partial charge >= 0.3 is 35.1 Å². The van der Waals surface area contributed by atoms with Crippen molar-refractivity contribution in [3.8, 4) is 0 Å². The van der Waals surface area contributed by atoms with Crippen LogP contribution in [-0.4, -0.2) is 215 Å². The summed E-state index contributed by atoms with van der Waals surface area (Å²) in [6.07, 6.45) is 12.1. The molecular formula is C82H121Cl2N8O14Pd-. The number of ketones is 1. The maximum Gasteiger partial charge on any atom is 0.391 e. The molecule has 5 aromatic rings. The van der Waals surface area contributed by atoms with E-state index >= 15 is 0 Å². The average Bonchev–Trinajstić information content (AvgIpc) is 0.863. The number of piperidine rings is 5. The number of nitrogens with two attached hydrogens (primary N) is 2. The van der Waals surface area contributed by atoms with Crippen molar-refractivity contribution in [3.63, 3.8) is 0 Å². The van der Waals surface area contributed by atoms with Crippen LogP contribution in [0.4, 0.5) is 0 Å². The van der Waals surface area contributed by atoms with E-state index in [2.05, 4.69) is 142 Å². The van der Waals surface area contributed by atoms with Crippen molar-refractivity contribution >= 4 is 70.6 Å². The van der Waals surface area contributed by atoms with Crippen LogP contribution >= 0.6 is 24.0 Å². The Morgan fingerprint density at radius 1 is 0.421 bits per heavy atom. The van der Waals surface area contributed by atoms with E-state index in [4.69, 9.17) is 46.7 Å². The summed E-state index contributed by atoms with van der Waals surface area (Å²) in [4.78, 5) is 89.9. The van der Waals surface area contributed by atoms with E-state index in [0.29, 0.717) is 48.0 Å². The van der Waals surface area contributed by atoms with E-state index in [1.54, 1.807) is 39.8 Å². The Balaban J connectivity index is 0.000000647. The molecule has 5 aliphatic heterocycles. The quantitative estimate of drug-likeness (QED) is 0.00571. The third-order valence-corrected chi connectivity index (χ3v) is 19.6. The minimum absolute atomic E-state index is 0. The second kappa shape index (κ2) is 54.7. The van der Waals surface area contributed by atoms with Crippen LogP contribution in [0.5, 0.6) is 0 Å². The third kappa shape index (κ3) is 34.8. The van der Waals surface area contributed by atoms with Gasteiger partial charge in [0.2, 0.25) is 0 Å². The SMILES string of the molecule is CCOC(=O)/C(=N/O)c1ccc(C2CCN(C)CC2)cc1.CCOC(=O)C(=O)Cl.CCOC(=O)C(=O)c1ccc(C2CCN(C)CC2)cc1.CCOC(=O)C(C)c1ccc(C2CCN(C)CC2)cc1.CCOC(=O)C(N)c1ccc(C2CCN(C)CC2)cc1.CN1CCC(c2ccccc2)CC1.Cl.NO.[CH3-].[Pd]. The molecule has 0 spiro atoms. The number of oxime groups is 1. The number of ether oxygens (including phenoxy) is 5. The predicted octanol–water partition coefficient (Wildman–Crippen LogP) is 12.7. The van der Waals surface area contributed by atoms with Crippen molar-refractivity contribution < 1.29 is 88.1 Å². The Morgan fingerprint density at radius 3 is 0.991 bits per heavy atom. The molecule has 598 valence electrons. The number of hydrogen-bond acceptors (Lipinski definition) is 22. The minimum Gasteiger partial charge on any atom is -0.466 e. The van der Waals surface area contributed by atoms with Crippen molar-refractivity contribution in [1.29, 1.82) is 0 Å². The van der Waals surface area contributed by atoms with Crippen LogP contribution in [0.3, 0.4) is 0 Å². The topological polar surface area (TPSA) is 287 Å². The molecule has 6 N–H and O–H groups in total. The molecule has 10 rings (SSSR count). The zero-order valence-corrected chi connectivity index (χ0v) is 68.2. The number of halogens is 2. The molecular weight excluding hydrogens is 1500 g/mol. The normalized spacial score (nSPS) is 16.8. The van der Waals surface area contributed by atoms with E-state index in [1.807, 2.05) is 62.4 Å². The summed E-state index contributed by atoms with van der Waals surface area (Å²) >= 11 is 4.69. The fourth-order valence-corrected chi connectivity index (χ4v) is 13.0. The largest absolute Gasteiger partial charge is 0.466 e. The molecule has 5 aromatic carbocycles. The van der Waals surface area contributed by atoms with Crippen LogP contribution in [0.25, 0.3) is 0 Å². The van der Waals surface area contributed by atoms with Gasteiger partial charge in [-0.25, -0.2) is 25.1 Å². The second-order valence-electron chi connectivity index (χ2n) is 26.8. The molecule has 0 amide bonds. The third-order valence-electron chi connectivity index (χ3n) is 19.5. The van der Waals surface area contributed by atoms with Gasteiger partial charge in [0.05, 0.1) is 39.0 Å². The number of carbonyl (C=O) groups excluding carboxylic acids is 7. The smallest absolute Gasteiger partial charge is 0.391 e. The van der Waals surface area contributed by atoms with Gasteiger partial charge in [-0.1, -0.05) is 133 Å². The Labute approximate surface area is 661 Å². The van der Waals surface area contributed by atoms with Gasteiger partial charge in [-0.15, -0.1) is 12.4 Å². The number of esters is 5. The zero-order chi connectivity index (χ0) is 76.5. The van der Waals surface area contributed by atoms with E-state index in [0.717, 1.165) is 82.0 Å². The molecule has 2 atom stereocenters. The summed E-state index contributed by atoms with van der Waals surface area (Å²) in [5.41, 5.74) is 15.5. The van der Waals surface area contributed by atoms with Crippen LogP contribution < -0.4 is 11.6 Å². The molecule has 5 fully saturated rings. The van der Waals surface area contributed by atoms with Crippen molar-refractivity contribution in [1.82, 2.24) is 24.5 Å². The van der Waals surface area contributed by atoms with Gasteiger partial charge in [-0.05, 0) is 287 Å². The molecule has 0 aromatic heterocycles. The Bertz CT molecular complexity index is 3260. The summed E-state index contributed by atoms with van der Waals surface area (Å²) in [7, 11) is 10.8. The minimum atomic E-state index is -1.08. The first-order valence-electron chi connectivity index (χ1n) is 36.7. The summed E-state index contributed by atoms with van der Waals surface area (Å²) in [5.74, 6) is 3.09. The monoisotopic (exact) mass is 1620 g/mol. The van der Waals surface area contributed by atoms with Crippen LogP contribution in [0.2, 0.25) is 0 Å². The fraction of sp³-hybridized carbons (Fsp3) is 0.524. The molecule has 22 nitrogen and oxygen atoms in total. The van der Waals surface area contributed by atoms with Crippen LogP contribution in [-0.2, 0) is 72.9 Å².